The Bertz CT molecular complexity index is 975. The van der Waals surface area contributed by atoms with Gasteiger partial charge in [0.15, 0.2) is 0 Å². The number of hydrogen-bond acceptors (Lipinski definition) is 3. The molecule has 2 aromatic rings. The topological polar surface area (TPSA) is 81.8 Å². The Balaban J connectivity index is 1.38. The van der Waals surface area contributed by atoms with Gasteiger partial charge in [0.2, 0.25) is 0 Å². The lowest BCUT2D eigenvalue weighted by molar-refractivity contribution is 0.0665. The normalized spacial score (nSPS) is 13.6. The second-order valence-corrected chi connectivity index (χ2v) is 7.24. The third-order valence-electron chi connectivity index (χ3n) is 5.05. The SMILES string of the molecule is Cc1ccc(C(=O)NCCNC(=O)N2CCN(C(=O)c3cccc(F)c3)CC2)cc1F. The molecule has 1 aliphatic heterocycles. The van der Waals surface area contributed by atoms with Crippen LogP contribution in [-0.4, -0.2) is 66.9 Å². The molecule has 0 bridgehead atoms. The summed E-state index contributed by atoms with van der Waals surface area (Å²) in [6.07, 6.45) is 0. The molecule has 0 aromatic heterocycles. The molecule has 1 heterocycles. The average Bonchev–Trinajstić information content (AvgIpc) is 2.77. The first kappa shape index (κ1) is 22.2. The fourth-order valence-electron chi connectivity index (χ4n) is 3.21. The summed E-state index contributed by atoms with van der Waals surface area (Å²) in [6.45, 7) is 3.41. The highest BCUT2D eigenvalue weighted by Gasteiger charge is 2.24. The van der Waals surface area contributed by atoms with E-state index >= 15 is 0 Å². The predicted molar refractivity (Wildman–Crippen MR) is 111 cm³/mol. The van der Waals surface area contributed by atoms with Crippen LogP contribution in [0.15, 0.2) is 42.5 Å². The molecule has 0 atom stereocenters. The van der Waals surface area contributed by atoms with Crippen molar-refractivity contribution in [2.45, 2.75) is 6.92 Å². The van der Waals surface area contributed by atoms with Crippen LogP contribution < -0.4 is 10.6 Å². The lowest BCUT2D eigenvalue weighted by Gasteiger charge is -2.34. The maximum Gasteiger partial charge on any atom is 0.317 e. The Morgan fingerprint density at radius 3 is 2.23 bits per heavy atom. The van der Waals surface area contributed by atoms with Crippen molar-refractivity contribution in [3.63, 3.8) is 0 Å². The summed E-state index contributed by atoms with van der Waals surface area (Å²) in [4.78, 5) is 39.9. The van der Waals surface area contributed by atoms with Gasteiger partial charge in [0.1, 0.15) is 11.6 Å². The van der Waals surface area contributed by atoms with Crippen molar-refractivity contribution in [3.05, 3.63) is 70.8 Å². The second-order valence-electron chi connectivity index (χ2n) is 7.24. The molecule has 1 aliphatic rings. The lowest BCUT2D eigenvalue weighted by atomic mass is 10.1. The molecular weight excluding hydrogens is 406 g/mol. The molecule has 31 heavy (non-hydrogen) atoms. The minimum atomic E-state index is -0.469. The maximum atomic E-state index is 13.5. The Morgan fingerprint density at radius 1 is 0.871 bits per heavy atom. The van der Waals surface area contributed by atoms with E-state index in [0.717, 1.165) is 0 Å². The molecular formula is C22H24F2N4O3. The number of amides is 4. The smallest absolute Gasteiger partial charge is 0.317 e. The highest BCUT2D eigenvalue weighted by Crippen LogP contribution is 2.11. The van der Waals surface area contributed by atoms with Crippen LogP contribution in [0.1, 0.15) is 26.3 Å². The number of benzene rings is 2. The van der Waals surface area contributed by atoms with Gasteiger partial charge in [-0.25, -0.2) is 13.6 Å². The van der Waals surface area contributed by atoms with Crippen LogP contribution in [0.2, 0.25) is 0 Å². The molecule has 0 saturated carbocycles. The van der Waals surface area contributed by atoms with E-state index in [2.05, 4.69) is 10.6 Å². The molecule has 9 heteroatoms. The summed E-state index contributed by atoms with van der Waals surface area (Å²) in [5, 5.41) is 5.33. The summed E-state index contributed by atoms with van der Waals surface area (Å²) in [7, 11) is 0. The molecule has 4 amide bonds. The Morgan fingerprint density at radius 2 is 1.55 bits per heavy atom. The number of carbonyl (C=O) groups excluding carboxylic acids is 3. The number of nitrogens with one attached hydrogen (secondary N) is 2. The van der Waals surface area contributed by atoms with Crippen LogP contribution >= 0.6 is 0 Å². The molecule has 1 fully saturated rings. The number of halogens is 2. The third-order valence-corrected chi connectivity index (χ3v) is 5.05. The zero-order valence-corrected chi connectivity index (χ0v) is 17.2. The predicted octanol–water partition coefficient (Wildman–Crippen LogP) is 2.17. The number of piperazine rings is 1. The van der Waals surface area contributed by atoms with Crippen LogP contribution in [0.3, 0.4) is 0 Å². The molecule has 2 aromatic carbocycles. The van der Waals surface area contributed by atoms with E-state index in [-0.39, 0.29) is 36.2 Å². The van der Waals surface area contributed by atoms with Crippen LogP contribution in [0.25, 0.3) is 0 Å². The van der Waals surface area contributed by atoms with Gasteiger partial charge in [-0.3, -0.25) is 9.59 Å². The summed E-state index contributed by atoms with van der Waals surface area (Å²) >= 11 is 0. The molecule has 0 radical (unpaired) electrons. The lowest BCUT2D eigenvalue weighted by Crippen LogP contribution is -2.53. The van der Waals surface area contributed by atoms with Crippen LogP contribution in [0.5, 0.6) is 0 Å². The monoisotopic (exact) mass is 430 g/mol. The minimum Gasteiger partial charge on any atom is -0.350 e. The summed E-state index contributed by atoms with van der Waals surface area (Å²) < 4.78 is 26.9. The standard InChI is InChI=1S/C22H24F2N4O3/c1-15-5-6-16(14-19(15)24)20(29)25-7-8-26-22(31)28-11-9-27(10-12-28)21(30)17-3-2-4-18(23)13-17/h2-6,13-14H,7-12H2,1H3,(H,25,29)(H,26,31). The van der Waals surface area contributed by atoms with E-state index in [4.69, 9.17) is 0 Å². The van der Waals surface area contributed by atoms with Crippen molar-refractivity contribution in [3.8, 4) is 0 Å². The van der Waals surface area contributed by atoms with Crippen molar-refractivity contribution >= 4 is 17.8 Å². The van der Waals surface area contributed by atoms with Gasteiger partial charge in [0, 0.05) is 50.4 Å². The quantitative estimate of drug-likeness (QED) is 0.714. The van der Waals surface area contributed by atoms with Gasteiger partial charge in [-0.2, -0.15) is 0 Å². The van der Waals surface area contributed by atoms with E-state index in [1.54, 1.807) is 22.8 Å². The highest BCUT2D eigenvalue weighted by atomic mass is 19.1. The molecule has 3 rings (SSSR count). The van der Waals surface area contributed by atoms with Gasteiger partial charge >= 0.3 is 6.03 Å². The van der Waals surface area contributed by atoms with E-state index in [1.807, 2.05) is 0 Å². The summed E-state index contributed by atoms with van der Waals surface area (Å²) in [5.41, 5.74) is 0.956. The van der Waals surface area contributed by atoms with Crippen molar-refractivity contribution in [1.29, 1.82) is 0 Å². The van der Waals surface area contributed by atoms with Crippen molar-refractivity contribution in [1.82, 2.24) is 20.4 Å². The Hall–Kier alpha value is -3.49. The zero-order valence-electron chi connectivity index (χ0n) is 17.2. The molecule has 164 valence electrons. The summed E-state index contributed by atoms with van der Waals surface area (Å²) in [6, 6.07) is 9.47. The molecule has 7 nitrogen and oxygen atoms in total. The molecule has 2 N–H and O–H groups in total. The van der Waals surface area contributed by atoms with Crippen LogP contribution in [0, 0.1) is 18.6 Å². The number of nitrogens with zero attached hydrogens (tertiary/aromatic N) is 2. The highest BCUT2D eigenvalue weighted by molar-refractivity contribution is 5.95. The first-order valence-electron chi connectivity index (χ1n) is 9.97. The first-order chi connectivity index (χ1) is 14.8. The van der Waals surface area contributed by atoms with Crippen molar-refractivity contribution in [2.75, 3.05) is 39.3 Å². The van der Waals surface area contributed by atoms with Crippen LogP contribution in [-0.2, 0) is 0 Å². The number of hydrogen-bond donors (Lipinski definition) is 2. The van der Waals surface area contributed by atoms with Gasteiger partial charge in [-0.1, -0.05) is 12.1 Å². The molecule has 0 aliphatic carbocycles. The van der Waals surface area contributed by atoms with Gasteiger partial charge in [-0.05, 0) is 42.8 Å². The van der Waals surface area contributed by atoms with Crippen molar-refractivity contribution in [2.24, 2.45) is 0 Å². The third kappa shape index (κ3) is 5.78. The number of aryl methyl sites for hydroxylation is 1. The van der Waals surface area contributed by atoms with Crippen LogP contribution in [0.4, 0.5) is 13.6 Å². The largest absolute Gasteiger partial charge is 0.350 e. The number of urea groups is 1. The number of rotatable bonds is 5. The molecule has 1 saturated heterocycles. The van der Waals surface area contributed by atoms with E-state index in [9.17, 15) is 23.2 Å². The molecule has 0 unspecified atom stereocenters. The van der Waals surface area contributed by atoms with E-state index < -0.39 is 17.5 Å². The fraction of sp³-hybridized carbons (Fsp3) is 0.318. The zero-order chi connectivity index (χ0) is 22.4. The van der Waals surface area contributed by atoms with Gasteiger partial charge in [-0.15, -0.1) is 0 Å². The molecule has 0 spiro atoms. The Labute approximate surface area is 179 Å². The Kier molecular flexibility index (Phi) is 7.17. The van der Waals surface area contributed by atoms with Crippen molar-refractivity contribution < 1.29 is 23.2 Å². The van der Waals surface area contributed by atoms with Gasteiger partial charge in [0.05, 0.1) is 0 Å². The maximum absolute atomic E-state index is 13.5. The van der Waals surface area contributed by atoms with Gasteiger partial charge in [0.25, 0.3) is 11.8 Å². The second kappa shape index (κ2) is 10.0. The van der Waals surface area contributed by atoms with E-state index in [0.29, 0.717) is 31.7 Å². The average molecular weight is 430 g/mol. The summed E-state index contributed by atoms with van der Waals surface area (Å²) in [5.74, 6) is -1.60. The first-order valence-corrected chi connectivity index (χ1v) is 9.97. The van der Waals surface area contributed by atoms with E-state index in [1.165, 1.54) is 36.4 Å². The number of carbonyl (C=O) groups is 3. The minimum absolute atomic E-state index is 0.193. The van der Waals surface area contributed by atoms with Gasteiger partial charge < -0.3 is 20.4 Å². The fourth-order valence-corrected chi connectivity index (χ4v) is 3.21.